The maximum absolute atomic E-state index is 13.6. The van der Waals surface area contributed by atoms with Gasteiger partial charge in [0.15, 0.2) is 11.6 Å². The number of amides is 1. The van der Waals surface area contributed by atoms with Crippen molar-refractivity contribution in [1.82, 2.24) is 9.37 Å². The number of ketones is 1. The molecular formula is C57H78F4N4O17S. The number of sulfonamides is 1. The van der Waals surface area contributed by atoms with E-state index < -0.39 is 51.4 Å². The molecule has 0 spiro atoms. The molecule has 0 unspecified atom stereocenters. The van der Waals surface area contributed by atoms with E-state index in [1.165, 1.54) is 9.37 Å². The fraction of sp³-hybridized carbons (Fsp3) is 0.579. The number of halogens is 4. The molecule has 83 heavy (non-hydrogen) atoms. The lowest BCUT2D eigenvalue weighted by Gasteiger charge is -2.38. The molecule has 2 heterocycles. The summed E-state index contributed by atoms with van der Waals surface area (Å²) < 4.78 is 141. The Balaban J connectivity index is 0.755. The molecule has 3 aromatic rings. The lowest BCUT2D eigenvalue weighted by molar-refractivity contribution is -0.180. The normalized spacial score (nSPS) is 13.8. The zero-order chi connectivity index (χ0) is 59.7. The molecule has 2 aliphatic heterocycles. The highest BCUT2D eigenvalue weighted by atomic mass is 32.2. The second-order valence-corrected chi connectivity index (χ2v) is 20.7. The molecular weight excluding hydrogens is 1120 g/mol. The molecule has 26 heteroatoms. The van der Waals surface area contributed by atoms with Gasteiger partial charge in [-0.3, -0.25) is 19.2 Å². The number of carbonyl (C=O) groups is 3. The number of hydroxylamine groups is 2. The average Bonchev–Trinajstić information content (AvgIpc) is 3.81. The van der Waals surface area contributed by atoms with Gasteiger partial charge in [0.2, 0.25) is 27.4 Å². The van der Waals surface area contributed by atoms with Gasteiger partial charge < -0.3 is 57.8 Å². The average molecular weight is 1200 g/mol. The first-order chi connectivity index (χ1) is 40.2. The molecule has 0 saturated carbocycles. The predicted octanol–water partition coefficient (Wildman–Crippen LogP) is 6.40. The second-order valence-electron chi connectivity index (χ2n) is 18.7. The molecule has 3 aromatic carbocycles. The van der Waals surface area contributed by atoms with Gasteiger partial charge in [-0.1, -0.05) is 31.2 Å². The summed E-state index contributed by atoms with van der Waals surface area (Å²) in [6.45, 7) is 11.7. The van der Waals surface area contributed by atoms with Crippen molar-refractivity contribution >= 4 is 45.3 Å². The van der Waals surface area contributed by atoms with Crippen LogP contribution >= 0.6 is 0 Å². The molecule has 0 aromatic heterocycles. The summed E-state index contributed by atoms with van der Waals surface area (Å²) in [6, 6.07) is 12.3. The fourth-order valence-corrected chi connectivity index (χ4v) is 9.70. The molecule has 21 nitrogen and oxygen atoms in total. The first-order valence-corrected chi connectivity index (χ1v) is 29.2. The minimum Gasteiger partial charge on any atom is -0.420 e. The number of Topliss-reactive ketones (excluding diaryl/α,β-unsaturated/α-hetero) is 1. The van der Waals surface area contributed by atoms with Gasteiger partial charge in [0, 0.05) is 56.1 Å². The topological polar surface area (TPSA) is 241 Å². The Morgan fingerprint density at radius 2 is 1.11 bits per heavy atom. The summed E-state index contributed by atoms with van der Waals surface area (Å²) in [7, 11) is -3.76. The van der Waals surface area contributed by atoms with Crippen LogP contribution in [0.4, 0.5) is 23.2 Å². The zero-order valence-electron chi connectivity index (χ0n) is 47.3. The summed E-state index contributed by atoms with van der Waals surface area (Å²) >= 11 is 0. The Morgan fingerprint density at radius 1 is 0.627 bits per heavy atom. The van der Waals surface area contributed by atoms with E-state index >= 15 is 0 Å². The summed E-state index contributed by atoms with van der Waals surface area (Å²) in [4.78, 5) is 47.9. The Labute approximate surface area is 482 Å². The van der Waals surface area contributed by atoms with E-state index in [0.29, 0.717) is 161 Å². The number of amidine groups is 1. The third-order valence-corrected chi connectivity index (χ3v) is 14.2. The van der Waals surface area contributed by atoms with Gasteiger partial charge in [-0.05, 0) is 61.1 Å². The van der Waals surface area contributed by atoms with Crippen LogP contribution in [-0.2, 0) is 76.6 Å². The van der Waals surface area contributed by atoms with Gasteiger partial charge in [0.05, 0.1) is 156 Å². The van der Waals surface area contributed by atoms with Gasteiger partial charge in [-0.15, -0.1) is 0 Å². The number of esters is 1. The Morgan fingerprint density at radius 3 is 1.60 bits per heavy atom. The molecule has 5 rings (SSSR count). The SMILES string of the molecule is CCCN(OCC)C(=O)C1=Cc2ccc(-c3cccc(S(=O)(=O)N4CC(CCC(=O)CCOCCOCCOCCOCCOCCOCCOCCOCCOCCOCCC(=O)Oc5c(F)c(F)cc(F)c5F)C4)c3)cc2N=C(N)C1. The molecule has 0 aliphatic carbocycles. The van der Waals surface area contributed by atoms with E-state index in [0.717, 1.165) is 12.0 Å². The van der Waals surface area contributed by atoms with Crippen molar-refractivity contribution < 1.29 is 97.3 Å². The molecule has 0 bridgehead atoms. The largest absolute Gasteiger partial charge is 0.420 e. The van der Waals surface area contributed by atoms with Crippen LogP contribution in [0.2, 0.25) is 0 Å². The number of rotatable bonds is 45. The number of benzene rings is 3. The number of carbonyl (C=O) groups excluding carboxylic acids is 3. The number of hydrogen-bond donors (Lipinski definition) is 1. The highest BCUT2D eigenvalue weighted by molar-refractivity contribution is 7.89. The van der Waals surface area contributed by atoms with Crippen molar-refractivity contribution in [1.29, 1.82) is 0 Å². The van der Waals surface area contributed by atoms with Crippen molar-refractivity contribution in [2.24, 2.45) is 16.6 Å². The first-order valence-electron chi connectivity index (χ1n) is 27.8. The first kappa shape index (κ1) is 68.5. The molecule has 2 aliphatic rings. The highest BCUT2D eigenvalue weighted by Gasteiger charge is 2.37. The van der Waals surface area contributed by atoms with Crippen LogP contribution < -0.4 is 10.5 Å². The number of nitrogens with two attached hydrogens (primary N) is 1. The predicted molar refractivity (Wildman–Crippen MR) is 295 cm³/mol. The lowest BCUT2D eigenvalue weighted by atomic mass is 9.95. The van der Waals surface area contributed by atoms with Gasteiger partial charge in [0.1, 0.15) is 11.6 Å². The number of ether oxygens (including phenoxy) is 11. The molecule has 1 fully saturated rings. The zero-order valence-corrected chi connectivity index (χ0v) is 48.1. The van der Waals surface area contributed by atoms with E-state index in [4.69, 9.17) is 57.9 Å². The second kappa shape index (κ2) is 38.6. The quantitative estimate of drug-likeness (QED) is 0.0161. The van der Waals surface area contributed by atoms with Crippen LogP contribution in [0.25, 0.3) is 17.2 Å². The van der Waals surface area contributed by atoms with Crippen molar-refractivity contribution in [2.75, 3.05) is 158 Å². The van der Waals surface area contributed by atoms with Gasteiger partial charge in [-0.25, -0.2) is 27.3 Å². The standard InChI is InChI=1S/C57H78F4N4O17S/c1-3-14-65(81-4-2)57(68)46-35-45-10-9-44(37-51(45)63-52(62)38-46)43-6-5-7-48(36-43)83(69,70)64-40-42(41-64)8-11-47(66)12-15-71-17-19-73-21-23-75-25-27-77-29-31-79-33-34-80-32-30-78-28-26-76-24-22-74-20-18-72-16-13-53(67)82-56-54(60)49(58)39-50(59)55(56)61/h5-7,9-10,35-37,39,42H,3-4,8,11-34,38,40-41H2,1-2H3,(H2,62,63). The monoisotopic (exact) mass is 1200 g/mol. The molecule has 462 valence electrons. The van der Waals surface area contributed by atoms with Gasteiger partial charge in [-0.2, -0.15) is 13.1 Å². The van der Waals surface area contributed by atoms with Crippen molar-refractivity contribution in [3.8, 4) is 16.9 Å². The van der Waals surface area contributed by atoms with Crippen LogP contribution in [0.1, 0.15) is 57.9 Å². The Kier molecular flexibility index (Phi) is 31.8. The molecule has 0 radical (unpaired) electrons. The maximum atomic E-state index is 13.6. The van der Waals surface area contributed by atoms with Gasteiger partial charge >= 0.3 is 5.97 Å². The van der Waals surface area contributed by atoms with E-state index in [1.54, 1.807) is 24.3 Å². The smallest absolute Gasteiger partial charge is 0.313 e. The van der Waals surface area contributed by atoms with Crippen LogP contribution in [0.3, 0.4) is 0 Å². The molecule has 1 amide bonds. The highest BCUT2D eigenvalue weighted by Crippen LogP contribution is 2.35. The third kappa shape index (κ3) is 24.7. The van der Waals surface area contributed by atoms with Crippen molar-refractivity contribution in [3.05, 3.63) is 82.9 Å². The van der Waals surface area contributed by atoms with Crippen molar-refractivity contribution in [2.45, 2.75) is 57.3 Å². The fourth-order valence-electron chi connectivity index (χ4n) is 8.06. The number of nitrogens with zero attached hydrogens (tertiary/aromatic N) is 3. The van der Waals surface area contributed by atoms with Crippen LogP contribution in [0, 0.1) is 29.2 Å². The van der Waals surface area contributed by atoms with Gasteiger partial charge in [0.25, 0.3) is 5.91 Å². The van der Waals surface area contributed by atoms with E-state index in [1.807, 2.05) is 38.1 Å². The maximum Gasteiger partial charge on any atom is 0.313 e. The Hall–Kier alpha value is -5.33. The Bertz CT molecular complexity index is 2620. The summed E-state index contributed by atoms with van der Waals surface area (Å²) in [6.07, 6.45) is 3.49. The summed E-state index contributed by atoms with van der Waals surface area (Å²) in [5, 5.41) is 1.36. The molecule has 0 atom stereocenters. The van der Waals surface area contributed by atoms with E-state index in [2.05, 4.69) is 9.73 Å². The lowest BCUT2D eigenvalue weighted by Crippen LogP contribution is -2.49. The summed E-state index contributed by atoms with van der Waals surface area (Å²) in [5.74, 6) is -9.38. The van der Waals surface area contributed by atoms with E-state index in [-0.39, 0.29) is 80.3 Å². The van der Waals surface area contributed by atoms with Crippen LogP contribution in [0.5, 0.6) is 5.75 Å². The van der Waals surface area contributed by atoms with E-state index in [9.17, 15) is 40.4 Å². The third-order valence-electron chi connectivity index (χ3n) is 12.4. The molecule has 2 N–H and O–H groups in total. The van der Waals surface area contributed by atoms with Crippen LogP contribution in [0.15, 0.2) is 64.0 Å². The summed E-state index contributed by atoms with van der Waals surface area (Å²) in [5.41, 5.74) is 9.46. The number of aliphatic imine (C=N–C) groups is 1. The number of fused-ring (bicyclic) bond motifs is 1. The minimum absolute atomic E-state index is 0.0122. The number of hydrogen-bond acceptors (Lipinski definition) is 19. The van der Waals surface area contributed by atoms with Crippen molar-refractivity contribution in [3.63, 3.8) is 0 Å². The van der Waals surface area contributed by atoms with Crippen LogP contribution in [-0.4, -0.2) is 200 Å². The molecule has 1 saturated heterocycles. The minimum atomic E-state index is -3.76.